The van der Waals surface area contributed by atoms with Crippen LogP contribution in [0, 0.1) is 11.8 Å². The first-order valence-corrected chi connectivity index (χ1v) is 8.03. The molecule has 128 valence electrons. The molecule has 0 spiro atoms. The molecule has 0 saturated heterocycles. The molecule has 0 atom stereocenters. The van der Waals surface area contributed by atoms with Crippen LogP contribution in [0.1, 0.15) is 51.2 Å². The first kappa shape index (κ1) is 17.9. The van der Waals surface area contributed by atoms with Crippen LogP contribution in [0.3, 0.4) is 0 Å². The van der Waals surface area contributed by atoms with Crippen molar-refractivity contribution in [2.24, 2.45) is 0 Å². The fourth-order valence-corrected chi connectivity index (χ4v) is 2.35. The average Bonchev–Trinajstić information content (AvgIpc) is 3.27. The molecule has 0 unspecified atom stereocenters. The van der Waals surface area contributed by atoms with Gasteiger partial charge in [0.1, 0.15) is 5.60 Å². The zero-order valence-electron chi connectivity index (χ0n) is 14.3. The van der Waals surface area contributed by atoms with E-state index < -0.39 is 23.1 Å². The Kier molecular flexibility index (Phi) is 5.18. The number of carbonyl (C=O) groups is 2. The minimum absolute atomic E-state index is 0.403. The van der Waals surface area contributed by atoms with Gasteiger partial charge in [-0.15, -0.1) is 0 Å². The number of benzene rings is 1. The van der Waals surface area contributed by atoms with Crippen LogP contribution in [0.5, 0.6) is 0 Å². The highest BCUT2D eigenvalue weighted by atomic mass is 16.6. The number of hydrogen-bond acceptors (Lipinski definition) is 3. The van der Waals surface area contributed by atoms with Gasteiger partial charge in [0.25, 0.3) is 0 Å². The summed E-state index contributed by atoms with van der Waals surface area (Å²) in [5.74, 6) is 5.22. The maximum atomic E-state index is 11.5. The summed E-state index contributed by atoms with van der Waals surface area (Å²) in [6.07, 6.45) is 1.40. The number of ether oxygens (including phenoxy) is 1. The molecule has 2 N–H and O–H groups in total. The van der Waals surface area contributed by atoms with Gasteiger partial charge in [-0.1, -0.05) is 24.0 Å². The topological polar surface area (TPSA) is 75.6 Å². The molecule has 1 saturated carbocycles. The predicted octanol–water partition coefficient (Wildman–Crippen LogP) is 3.07. The van der Waals surface area contributed by atoms with Gasteiger partial charge in [0.15, 0.2) is 0 Å². The molecule has 0 radical (unpaired) electrons. The van der Waals surface area contributed by atoms with Gasteiger partial charge in [-0.3, -0.25) is 4.79 Å². The number of rotatable bonds is 4. The summed E-state index contributed by atoms with van der Waals surface area (Å²) in [5.41, 5.74) is 0.376. The quantitative estimate of drug-likeness (QED) is 0.657. The average molecular weight is 329 g/mol. The molecule has 5 nitrogen and oxygen atoms in total. The number of carbonyl (C=O) groups excluding carboxylic acids is 1. The van der Waals surface area contributed by atoms with Crippen LogP contribution in [0.15, 0.2) is 24.3 Å². The fourth-order valence-electron chi connectivity index (χ4n) is 2.35. The molecule has 1 aromatic carbocycles. The normalized spacial score (nSPS) is 15.0. The van der Waals surface area contributed by atoms with Gasteiger partial charge in [0.2, 0.25) is 0 Å². The zero-order valence-corrected chi connectivity index (χ0v) is 14.3. The van der Waals surface area contributed by atoms with Crippen molar-refractivity contribution in [1.29, 1.82) is 0 Å². The van der Waals surface area contributed by atoms with Gasteiger partial charge in [0.05, 0.1) is 5.41 Å². The number of hydrogen-bond donors (Lipinski definition) is 2. The molecule has 1 fully saturated rings. The van der Waals surface area contributed by atoms with E-state index in [1.165, 1.54) is 0 Å². The number of amides is 1. The number of alkyl carbamates (subject to hydrolysis) is 1. The molecule has 0 aromatic heterocycles. The molecular weight excluding hydrogens is 306 g/mol. The Morgan fingerprint density at radius 1 is 1.33 bits per heavy atom. The van der Waals surface area contributed by atoms with E-state index in [2.05, 4.69) is 17.2 Å². The molecular formula is C19H23NO4. The monoisotopic (exact) mass is 329 g/mol. The maximum Gasteiger partial charge on any atom is 0.407 e. The Morgan fingerprint density at radius 3 is 2.62 bits per heavy atom. The van der Waals surface area contributed by atoms with Crippen LogP contribution in [-0.2, 0) is 14.9 Å². The summed E-state index contributed by atoms with van der Waals surface area (Å²) >= 11 is 0. The largest absolute Gasteiger partial charge is 0.481 e. The van der Waals surface area contributed by atoms with Crippen LogP contribution >= 0.6 is 0 Å². The molecule has 1 aromatic rings. The lowest BCUT2D eigenvalue weighted by Gasteiger charge is -2.19. The van der Waals surface area contributed by atoms with Gasteiger partial charge in [-0.2, -0.15) is 0 Å². The Bertz CT molecular complexity index is 687. The number of aliphatic carboxylic acids is 1. The minimum atomic E-state index is -0.769. The van der Waals surface area contributed by atoms with E-state index in [-0.39, 0.29) is 0 Å². The van der Waals surface area contributed by atoms with Crippen LogP contribution in [0.4, 0.5) is 4.79 Å². The van der Waals surface area contributed by atoms with E-state index in [1.807, 2.05) is 45.0 Å². The van der Waals surface area contributed by atoms with Crippen molar-refractivity contribution in [3.63, 3.8) is 0 Å². The van der Waals surface area contributed by atoms with Gasteiger partial charge < -0.3 is 15.2 Å². The third-order valence-corrected chi connectivity index (χ3v) is 3.73. The molecule has 0 bridgehead atoms. The SMILES string of the molecule is CC(C)(C)OC(=O)NCCC#Cc1cccc(C2(C(=O)O)CC2)c1. The van der Waals surface area contributed by atoms with E-state index in [4.69, 9.17) is 4.74 Å². The Balaban J connectivity index is 1.86. The van der Waals surface area contributed by atoms with Gasteiger partial charge >= 0.3 is 12.1 Å². The fraction of sp³-hybridized carbons (Fsp3) is 0.474. The first-order valence-electron chi connectivity index (χ1n) is 8.03. The van der Waals surface area contributed by atoms with Crippen LogP contribution in [-0.4, -0.2) is 29.3 Å². The van der Waals surface area contributed by atoms with E-state index in [0.717, 1.165) is 11.1 Å². The zero-order chi connectivity index (χ0) is 17.8. The lowest BCUT2D eigenvalue weighted by atomic mass is 9.94. The molecule has 5 heteroatoms. The smallest absolute Gasteiger partial charge is 0.407 e. The Hall–Kier alpha value is -2.48. The van der Waals surface area contributed by atoms with Crippen LogP contribution in [0.25, 0.3) is 0 Å². The lowest BCUT2D eigenvalue weighted by molar-refractivity contribution is -0.140. The van der Waals surface area contributed by atoms with E-state index in [0.29, 0.717) is 25.8 Å². The third kappa shape index (κ3) is 4.76. The summed E-state index contributed by atoms with van der Waals surface area (Å²) in [7, 11) is 0. The Morgan fingerprint density at radius 2 is 2.04 bits per heavy atom. The number of carboxylic acid groups (broad SMARTS) is 1. The molecule has 24 heavy (non-hydrogen) atoms. The summed E-state index contributed by atoms with van der Waals surface area (Å²) in [5, 5.41) is 12.0. The van der Waals surface area contributed by atoms with E-state index in [1.54, 1.807) is 0 Å². The summed E-state index contributed by atoms with van der Waals surface area (Å²) in [6, 6.07) is 7.38. The first-order chi connectivity index (χ1) is 11.2. The highest BCUT2D eigenvalue weighted by Crippen LogP contribution is 2.48. The highest BCUT2D eigenvalue weighted by Gasteiger charge is 2.51. The summed E-state index contributed by atoms with van der Waals surface area (Å²) in [6.45, 7) is 5.83. The van der Waals surface area contributed by atoms with Crippen molar-refractivity contribution in [2.45, 2.75) is 51.0 Å². The molecule has 0 aliphatic heterocycles. The predicted molar refractivity (Wildman–Crippen MR) is 90.7 cm³/mol. The minimum Gasteiger partial charge on any atom is -0.481 e. The molecule has 2 rings (SSSR count). The van der Waals surface area contributed by atoms with E-state index >= 15 is 0 Å². The van der Waals surface area contributed by atoms with Crippen molar-refractivity contribution in [3.05, 3.63) is 35.4 Å². The van der Waals surface area contributed by atoms with Crippen LogP contribution < -0.4 is 5.32 Å². The second kappa shape index (κ2) is 6.96. The second-order valence-electron chi connectivity index (χ2n) is 6.95. The molecule has 0 heterocycles. The number of nitrogens with one attached hydrogen (secondary N) is 1. The lowest BCUT2D eigenvalue weighted by Crippen LogP contribution is -2.32. The van der Waals surface area contributed by atoms with Gasteiger partial charge in [0, 0.05) is 18.5 Å². The van der Waals surface area contributed by atoms with Gasteiger partial charge in [-0.05, 0) is 51.3 Å². The van der Waals surface area contributed by atoms with Crippen molar-refractivity contribution in [3.8, 4) is 11.8 Å². The summed E-state index contributed by atoms with van der Waals surface area (Å²) in [4.78, 5) is 22.8. The Labute approximate surface area is 142 Å². The highest BCUT2D eigenvalue weighted by molar-refractivity contribution is 5.85. The van der Waals surface area contributed by atoms with Gasteiger partial charge in [-0.25, -0.2) is 4.79 Å². The third-order valence-electron chi connectivity index (χ3n) is 3.73. The van der Waals surface area contributed by atoms with Crippen molar-refractivity contribution in [2.75, 3.05) is 6.54 Å². The maximum absolute atomic E-state index is 11.5. The molecule has 1 aliphatic rings. The standard InChI is InChI=1S/C19H23NO4/c1-18(2,3)24-17(23)20-12-5-4-7-14-8-6-9-15(13-14)19(10-11-19)16(21)22/h6,8-9,13H,5,10-12H2,1-3H3,(H,20,23)(H,21,22). The van der Waals surface area contributed by atoms with E-state index in [9.17, 15) is 14.7 Å². The second-order valence-corrected chi connectivity index (χ2v) is 6.95. The van der Waals surface area contributed by atoms with Crippen LogP contribution in [0.2, 0.25) is 0 Å². The molecule has 1 aliphatic carbocycles. The van der Waals surface area contributed by atoms with Crippen molar-refractivity contribution in [1.82, 2.24) is 5.32 Å². The van der Waals surface area contributed by atoms with Crippen molar-refractivity contribution < 1.29 is 19.4 Å². The van der Waals surface area contributed by atoms with Crippen molar-refractivity contribution >= 4 is 12.1 Å². The summed E-state index contributed by atoms with van der Waals surface area (Å²) < 4.78 is 5.13. The number of carboxylic acids is 1. The molecule has 1 amide bonds.